The van der Waals surface area contributed by atoms with Crippen LogP contribution in [-0.4, -0.2) is 53.5 Å². The summed E-state index contributed by atoms with van der Waals surface area (Å²) in [7, 11) is 1.62. The average Bonchev–Trinajstić information content (AvgIpc) is 2.57. The molecule has 1 heterocycles. The van der Waals surface area contributed by atoms with E-state index in [1.54, 1.807) is 31.3 Å². The molecule has 0 unspecified atom stereocenters. The first kappa shape index (κ1) is 19.2. The third-order valence-electron chi connectivity index (χ3n) is 4.19. The molecule has 2 amide bonds. The van der Waals surface area contributed by atoms with Crippen LogP contribution in [0.2, 0.25) is 0 Å². The Morgan fingerprint density at radius 3 is 2.62 bits per heavy atom. The second-order valence-corrected chi connectivity index (χ2v) is 6.10. The largest absolute Gasteiger partial charge is 0.481 e. The highest BCUT2D eigenvalue weighted by Crippen LogP contribution is 2.31. The van der Waals surface area contributed by atoms with E-state index < -0.39 is 18.2 Å². The number of carboxylic acid groups (broad SMARTS) is 1. The number of carbonyl (C=O) groups excluding carboxylic acids is 2. The molecular formula is C17H22N4O5. The molecule has 1 saturated heterocycles. The molecule has 0 saturated carbocycles. The van der Waals surface area contributed by atoms with E-state index in [0.29, 0.717) is 12.0 Å². The molecule has 2 atom stereocenters. The first-order valence-electron chi connectivity index (χ1n) is 8.14. The predicted molar refractivity (Wildman–Crippen MR) is 92.7 cm³/mol. The van der Waals surface area contributed by atoms with Crippen molar-refractivity contribution >= 4 is 23.8 Å². The fourth-order valence-corrected chi connectivity index (χ4v) is 2.77. The van der Waals surface area contributed by atoms with Gasteiger partial charge < -0.3 is 25.8 Å². The van der Waals surface area contributed by atoms with Gasteiger partial charge in [0.25, 0.3) is 0 Å². The van der Waals surface area contributed by atoms with Gasteiger partial charge in [-0.1, -0.05) is 24.3 Å². The van der Waals surface area contributed by atoms with Crippen molar-refractivity contribution in [2.45, 2.75) is 31.4 Å². The fraction of sp³-hybridized carbons (Fsp3) is 0.412. The molecule has 140 valence electrons. The summed E-state index contributed by atoms with van der Waals surface area (Å²) in [5.74, 6) is -1.40. The summed E-state index contributed by atoms with van der Waals surface area (Å²) in [4.78, 5) is 35.9. The molecule has 1 aromatic carbocycles. The number of amides is 2. The minimum absolute atomic E-state index is 0.0266. The number of aliphatic carboxylic acids is 1. The average molecular weight is 362 g/mol. The van der Waals surface area contributed by atoms with Crippen molar-refractivity contribution in [3.8, 4) is 0 Å². The van der Waals surface area contributed by atoms with Gasteiger partial charge in [-0.05, 0) is 5.56 Å². The van der Waals surface area contributed by atoms with Crippen LogP contribution in [0.4, 0.5) is 4.79 Å². The van der Waals surface area contributed by atoms with Gasteiger partial charge in [-0.25, -0.2) is 4.79 Å². The Balaban J connectivity index is 2.01. The molecule has 1 fully saturated rings. The number of carboxylic acids is 1. The van der Waals surface area contributed by atoms with Gasteiger partial charge in [0.1, 0.15) is 11.9 Å². The molecule has 0 spiro atoms. The van der Waals surface area contributed by atoms with Crippen molar-refractivity contribution in [3.05, 3.63) is 35.4 Å². The van der Waals surface area contributed by atoms with Crippen LogP contribution in [0.25, 0.3) is 0 Å². The second-order valence-electron chi connectivity index (χ2n) is 6.10. The fourth-order valence-electron chi connectivity index (χ4n) is 2.77. The molecule has 26 heavy (non-hydrogen) atoms. The number of nitrogen functional groups attached to an aromatic ring is 1. The number of nitrogens with one attached hydrogen (secondary N) is 2. The second kappa shape index (κ2) is 8.32. The SMILES string of the molecule is CN1C(=O)O[C@H](CC(=O)NCCC(=O)O)C[C@H]1c1ccc(C(=N)N)cc1. The highest BCUT2D eigenvalue weighted by Gasteiger charge is 2.34. The van der Waals surface area contributed by atoms with E-state index in [9.17, 15) is 14.4 Å². The summed E-state index contributed by atoms with van der Waals surface area (Å²) in [6, 6.07) is 6.73. The number of ether oxygens (including phenoxy) is 1. The van der Waals surface area contributed by atoms with Gasteiger partial charge in [-0.2, -0.15) is 0 Å². The van der Waals surface area contributed by atoms with E-state index in [1.807, 2.05) is 0 Å². The summed E-state index contributed by atoms with van der Waals surface area (Å²) in [5.41, 5.74) is 6.88. The highest BCUT2D eigenvalue weighted by molar-refractivity contribution is 5.94. The number of rotatable bonds is 7. The van der Waals surface area contributed by atoms with Gasteiger partial charge in [0.2, 0.25) is 5.91 Å². The zero-order valence-corrected chi connectivity index (χ0v) is 14.4. The molecule has 5 N–H and O–H groups in total. The highest BCUT2D eigenvalue weighted by atomic mass is 16.6. The lowest BCUT2D eigenvalue weighted by Crippen LogP contribution is -2.43. The van der Waals surface area contributed by atoms with Crippen LogP contribution in [0.15, 0.2) is 24.3 Å². The van der Waals surface area contributed by atoms with Crippen molar-refractivity contribution in [1.82, 2.24) is 10.2 Å². The Hall–Kier alpha value is -3.10. The number of nitrogens with zero attached hydrogens (tertiary/aromatic N) is 1. The number of benzene rings is 1. The van der Waals surface area contributed by atoms with Crippen LogP contribution in [0.1, 0.15) is 36.4 Å². The van der Waals surface area contributed by atoms with E-state index >= 15 is 0 Å². The number of carbonyl (C=O) groups is 3. The smallest absolute Gasteiger partial charge is 0.410 e. The van der Waals surface area contributed by atoms with Crippen molar-refractivity contribution in [1.29, 1.82) is 5.41 Å². The monoisotopic (exact) mass is 362 g/mol. The standard InChI is InChI=1S/C17H22N4O5/c1-21-13(10-2-4-11(5-3-10)16(18)19)8-12(26-17(21)25)9-14(22)20-7-6-15(23)24/h2-5,12-13H,6-9H2,1H3,(H3,18,19)(H,20,22)(H,23,24)/t12-,13-/m0/s1. The van der Waals surface area contributed by atoms with Crippen LogP contribution in [0.5, 0.6) is 0 Å². The summed E-state index contributed by atoms with van der Waals surface area (Å²) in [6.45, 7) is 0.0324. The molecule has 0 bridgehead atoms. The number of hydrogen-bond donors (Lipinski definition) is 4. The van der Waals surface area contributed by atoms with Crippen molar-refractivity contribution in [2.75, 3.05) is 13.6 Å². The Labute approximate surface area is 150 Å². The van der Waals surface area contributed by atoms with Gasteiger partial charge in [0.05, 0.1) is 18.9 Å². The van der Waals surface area contributed by atoms with Gasteiger partial charge in [-0.15, -0.1) is 0 Å². The normalized spacial score (nSPS) is 19.6. The van der Waals surface area contributed by atoms with Crippen molar-refractivity contribution in [3.63, 3.8) is 0 Å². The van der Waals surface area contributed by atoms with E-state index in [1.165, 1.54) is 4.90 Å². The topological polar surface area (TPSA) is 146 Å². The summed E-state index contributed by atoms with van der Waals surface area (Å²) < 4.78 is 5.27. The number of amidine groups is 1. The molecule has 1 aliphatic rings. The van der Waals surface area contributed by atoms with Crippen molar-refractivity contribution < 1.29 is 24.2 Å². The molecule has 0 aromatic heterocycles. The molecular weight excluding hydrogens is 340 g/mol. The molecule has 1 aliphatic heterocycles. The van der Waals surface area contributed by atoms with Crippen LogP contribution < -0.4 is 11.1 Å². The maximum atomic E-state index is 12.1. The van der Waals surface area contributed by atoms with E-state index in [2.05, 4.69) is 5.32 Å². The zero-order chi connectivity index (χ0) is 19.3. The van der Waals surface area contributed by atoms with Crippen LogP contribution >= 0.6 is 0 Å². The quantitative estimate of drug-likeness (QED) is 0.417. The number of nitrogens with two attached hydrogens (primary N) is 1. The van der Waals surface area contributed by atoms with Crippen LogP contribution in [0, 0.1) is 5.41 Å². The maximum absolute atomic E-state index is 12.1. The molecule has 9 nitrogen and oxygen atoms in total. The van der Waals surface area contributed by atoms with Gasteiger partial charge in [0, 0.05) is 25.6 Å². The first-order chi connectivity index (χ1) is 12.3. The summed E-state index contributed by atoms with van der Waals surface area (Å²) in [6.07, 6.45) is -0.888. The Kier molecular flexibility index (Phi) is 6.16. The lowest BCUT2D eigenvalue weighted by atomic mass is 9.95. The Morgan fingerprint density at radius 1 is 1.38 bits per heavy atom. The minimum atomic E-state index is -0.995. The first-order valence-corrected chi connectivity index (χ1v) is 8.14. The summed E-state index contributed by atoms with van der Waals surface area (Å²) in [5, 5.41) is 18.5. The summed E-state index contributed by atoms with van der Waals surface area (Å²) >= 11 is 0. The molecule has 0 aliphatic carbocycles. The lowest BCUT2D eigenvalue weighted by Gasteiger charge is -2.36. The van der Waals surface area contributed by atoms with E-state index in [0.717, 1.165) is 5.56 Å². The van der Waals surface area contributed by atoms with Gasteiger partial charge in [0.15, 0.2) is 0 Å². The number of hydrogen-bond acceptors (Lipinski definition) is 5. The minimum Gasteiger partial charge on any atom is -0.481 e. The van der Waals surface area contributed by atoms with Crippen molar-refractivity contribution in [2.24, 2.45) is 5.73 Å². The molecule has 1 aromatic rings. The van der Waals surface area contributed by atoms with Crippen LogP contribution in [0.3, 0.4) is 0 Å². The van der Waals surface area contributed by atoms with E-state index in [-0.39, 0.29) is 37.2 Å². The van der Waals surface area contributed by atoms with Gasteiger partial charge >= 0.3 is 12.1 Å². The number of cyclic esters (lactones) is 1. The third kappa shape index (κ3) is 4.95. The third-order valence-corrected chi connectivity index (χ3v) is 4.19. The molecule has 2 rings (SSSR count). The zero-order valence-electron chi connectivity index (χ0n) is 14.4. The Morgan fingerprint density at radius 2 is 2.04 bits per heavy atom. The Bertz CT molecular complexity index is 704. The van der Waals surface area contributed by atoms with Gasteiger partial charge in [-0.3, -0.25) is 15.0 Å². The maximum Gasteiger partial charge on any atom is 0.410 e. The van der Waals surface area contributed by atoms with E-state index in [4.69, 9.17) is 21.0 Å². The molecule has 9 heteroatoms. The predicted octanol–water partition coefficient (Wildman–Crippen LogP) is 0.833. The lowest BCUT2D eigenvalue weighted by molar-refractivity contribution is -0.136. The van der Waals surface area contributed by atoms with Crippen LogP contribution in [-0.2, 0) is 14.3 Å². The molecule has 0 radical (unpaired) electrons.